The summed E-state index contributed by atoms with van der Waals surface area (Å²) in [5.41, 5.74) is 3.34. The quantitative estimate of drug-likeness (QED) is 0.232. The Bertz CT molecular complexity index is 1480. The highest BCUT2D eigenvalue weighted by atomic mass is 35.5. The predicted octanol–water partition coefficient (Wildman–Crippen LogP) is 7.50. The van der Waals surface area contributed by atoms with Gasteiger partial charge < -0.3 is 10.1 Å². The van der Waals surface area contributed by atoms with Gasteiger partial charge in [-0.3, -0.25) is 9.69 Å². The summed E-state index contributed by atoms with van der Waals surface area (Å²) in [4.78, 5) is 18.7. The number of carbonyl (C=O) groups is 1. The van der Waals surface area contributed by atoms with Crippen molar-refractivity contribution in [2.75, 3.05) is 18.4 Å². The Kier molecular flexibility index (Phi) is 7.81. The van der Waals surface area contributed by atoms with Crippen molar-refractivity contribution in [2.24, 2.45) is 0 Å². The van der Waals surface area contributed by atoms with E-state index in [0.29, 0.717) is 24.7 Å². The molecule has 5 rings (SSSR count). The van der Waals surface area contributed by atoms with Gasteiger partial charge in [-0.1, -0.05) is 71.2 Å². The van der Waals surface area contributed by atoms with E-state index in [2.05, 4.69) is 39.5 Å². The third-order valence-corrected chi connectivity index (χ3v) is 6.85. The number of anilines is 1. The van der Waals surface area contributed by atoms with E-state index in [1.54, 1.807) is 0 Å². The summed E-state index contributed by atoms with van der Waals surface area (Å²) >= 11 is 17.9. The first kappa shape index (κ1) is 26.4. The van der Waals surface area contributed by atoms with Crippen molar-refractivity contribution in [1.82, 2.24) is 9.88 Å². The van der Waals surface area contributed by atoms with Crippen molar-refractivity contribution < 1.29 is 18.3 Å². The van der Waals surface area contributed by atoms with Crippen LogP contribution < -0.4 is 10.1 Å². The maximum Gasteiger partial charge on any atom is 0.257 e. The molecular weight excluding hydrogens is 555 g/mol. The van der Waals surface area contributed by atoms with Crippen LogP contribution >= 0.6 is 34.8 Å². The summed E-state index contributed by atoms with van der Waals surface area (Å²) in [5.74, 6) is -2.85. The van der Waals surface area contributed by atoms with Gasteiger partial charge >= 0.3 is 0 Å². The molecule has 0 bridgehead atoms. The molecule has 5 nitrogen and oxygen atoms in total. The number of ether oxygens (including phenoxy) is 1. The predicted molar refractivity (Wildman–Crippen MR) is 145 cm³/mol. The summed E-state index contributed by atoms with van der Waals surface area (Å²) in [6.07, 6.45) is 0.970. The maximum atomic E-state index is 14.0. The Morgan fingerprint density at radius 3 is 2.26 bits per heavy atom. The Labute approximate surface area is 232 Å². The van der Waals surface area contributed by atoms with Gasteiger partial charge in [0.05, 0.1) is 16.3 Å². The molecule has 194 valence electrons. The maximum absolute atomic E-state index is 14.0. The van der Waals surface area contributed by atoms with E-state index >= 15 is 0 Å². The van der Waals surface area contributed by atoms with E-state index in [9.17, 15) is 13.6 Å². The minimum atomic E-state index is -1.12. The second-order valence-corrected chi connectivity index (χ2v) is 10.1. The zero-order chi connectivity index (χ0) is 26.8. The van der Waals surface area contributed by atoms with Crippen molar-refractivity contribution in [3.63, 3.8) is 0 Å². The normalized spacial score (nSPS) is 13.7. The molecule has 1 N–H and O–H groups in total. The Morgan fingerprint density at radius 1 is 0.947 bits per heavy atom. The number of nitrogens with one attached hydrogen (secondary N) is 1. The van der Waals surface area contributed by atoms with Crippen molar-refractivity contribution in [1.29, 1.82) is 0 Å². The summed E-state index contributed by atoms with van der Waals surface area (Å²) in [6, 6.07) is 19.0. The van der Waals surface area contributed by atoms with Gasteiger partial charge in [-0.05, 0) is 34.9 Å². The molecule has 0 spiro atoms. The molecule has 1 aliphatic rings. The van der Waals surface area contributed by atoms with E-state index in [1.165, 1.54) is 12.3 Å². The SMILES string of the molecule is O=C(Nc1cc(F)c(F)cc1OC1CN(Cc2ccc(-c3ccc(Cl)cc3)cc2)C1)c1cc(Cl)ncc1Cl. The average molecular weight is 575 g/mol. The zero-order valence-corrected chi connectivity index (χ0v) is 22.0. The molecule has 4 aromatic rings. The third kappa shape index (κ3) is 6.08. The highest BCUT2D eigenvalue weighted by molar-refractivity contribution is 6.35. The van der Waals surface area contributed by atoms with E-state index in [4.69, 9.17) is 39.5 Å². The molecule has 38 heavy (non-hydrogen) atoms. The van der Waals surface area contributed by atoms with E-state index in [0.717, 1.165) is 28.8 Å². The fourth-order valence-corrected chi connectivity index (χ4v) is 4.58. The van der Waals surface area contributed by atoms with Crippen LogP contribution in [0.3, 0.4) is 0 Å². The molecule has 1 aliphatic heterocycles. The highest BCUT2D eigenvalue weighted by Crippen LogP contribution is 2.32. The topological polar surface area (TPSA) is 54.5 Å². The fraction of sp³-hybridized carbons (Fsp3) is 0.143. The number of pyridine rings is 1. The van der Waals surface area contributed by atoms with Crippen molar-refractivity contribution in [3.05, 3.63) is 111 Å². The van der Waals surface area contributed by atoms with Gasteiger partial charge in [-0.2, -0.15) is 0 Å². The largest absolute Gasteiger partial charge is 0.485 e. The molecule has 3 aromatic carbocycles. The van der Waals surface area contributed by atoms with E-state index < -0.39 is 17.5 Å². The Hall–Kier alpha value is -3.23. The first-order chi connectivity index (χ1) is 18.2. The van der Waals surface area contributed by atoms with Gasteiger partial charge in [-0.15, -0.1) is 0 Å². The van der Waals surface area contributed by atoms with Gasteiger partial charge in [-0.25, -0.2) is 13.8 Å². The number of likely N-dealkylation sites (tertiary alicyclic amines) is 1. The summed E-state index contributed by atoms with van der Waals surface area (Å²) < 4.78 is 33.9. The second kappa shape index (κ2) is 11.3. The number of halogens is 5. The van der Waals surface area contributed by atoms with Crippen LogP contribution in [0, 0.1) is 11.6 Å². The van der Waals surface area contributed by atoms with Crippen LogP contribution in [0.1, 0.15) is 15.9 Å². The standard InChI is InChI=1S/C28H20Cl3F2N3O2/c29-19-7-5-18(6-8-19)17-3-1-16(2-4-17)13-36-14-20(15-36)38-26-11-24(33)23(32)10-25(26)35-28(37)21-9-27(31)34-12-22(21)30/h1-12,20H,13-15H2,(H,35,37). The van der Waals surface area contributed by atoms with Gasteiger partial charge in [0.25, 0.3) is 5.91 Å². The second-order valence-electron chi connectivity index (χ2n) is 8.84. The molecule has 0 unspecified atom stereocenters. The zero-order valence-electron chi connectivity index (χ0n) is 19.7. The molecule has 0 radical (unpaired) electrons. The number of hydrogen-bond donors (Lipinski definition) is 1. The number of rotatable bonds is 7. The average Bonchev–Trinajstić information content (AvgIpc) is 2.88. The molecule has 0 atom stereocenters. The van der Waals surface area contributed by atoms with E-state index in [1.807, 2.05) is 24.3 Å². The van der Waals surface area contributed by atoms with Gasteiger partial charge in [0.2, 0.25) is 0 Å². The molecular formula is C28H20Cl3F2N3O2. The molecule has 10 heteroatoms. The smallest absolute Gasteiger partial charge is 0.257 e. The minimum Gasteiger partial charge on any atom is -0.485 e. The highest BCUT2D eigenvalue weighted by Gasteiger charge is 2.30. The van der Waals surface area contributed by atoms with Crippen LogP contribution in [0.4, 0.5) is 14.5 Å². The molecule has 1 saturated heterocycles. The molecule has 0 aliphatic carbocycles. The lowest BCUT2D eigenvalue weighted by molar-refractivity contribution is 0.0147. The lowest BCUT2D eigenvalue weighted by Crippen LogP contribution is -2.53. The summed E-state index contributed by atoms with van der Waals surface area (Å²) in [7, 11) is 0. The van der Waals surface area contributed by atoms with E-state index in [-0.39, 0.29) is 33.3 Å². The fourth-order valence-electron chi connectivity index (χ4n) is 4.11. The van der Waals surface area contributed by atoms with Crippen LogP contribution in [0.25, 0.3) is 11.1 Å². The van der Waals surface area contributed by atoms with Crippen molar-refractivity contribution >= 4 is 46.4 Å². The third-order valence-electron chi connectivity index (χ3n) is 6.09. The first-order valence-electron chi connectivity index (χ1n) is 11.6. The van der Waals surface area contributed by atoms with Crippen LogP contribution in [0.5, 0.6) is 5.75 Å². The molecule has 1 amide bonds. The van der Waals surface area contributed by atoms with Crippen molar-refractivity contribution in [2.45, 2.75) is 12.6 Å². The number of benzene rings is 3. The number of nitrogens with zero attached hydrogens (tertiary/aromatic N) is 2. The monoisotopic (exact) mass is 573 g/mol. The Morgan fingerprint density at radius 2 is 1.58 bits per heavy atom. The van der Waals surface area contributed by atoms with Crippen molar-refractivity contribution in [3.8, 4) is 16.9 Å². The number of carbonyl (C=O) groups excluding carboxylic acids is 1. The number of hydrogen-bond acceptors (Lipinski definition) is 4. The summed E-state index contributed by atoms with van der Waals surface area (Å²) in [5, 5.41) is 3.35. The summed E-state index contributed by atoms with van der Waals surface area (Å²) in [6.45, 7) is 1.87. The molecule has 1 aromatic heterocycles. The van der Waals surface area contributed by atoms with Crippen LogP contribution in [-0.2, 0) is 6.54 Å². The lowest BCUT2D eigenvalue weighted by atomic mass is 10.0. The van der Waals surface area contributed by atoms with Crippen LogP contribution in [0.15, 0.2) is 72.9 Å². The molecule has 1 fully saturated rings. The number of aromatic nitrogens is 1. The van der Waals surface area contributed by atoms with Crippen LogP contribution in [-0.4, -0.2) is 35.0 Å². The number of amides is 1. The van der Waals surface area contributed by atoms with Gasteiger partial charge in [0.15, 0.2) is 11.6 Å². The van der Waals surface area contributed by atoms with Crippen LogP contribution in [0.2, 0.25) is 15.2 Å². The van der Waals surface area contributed by atoms with Gasteiger partial charge in [0.1, 0.15) is 17.0 Å². The van der Waals surface area contributed by atoms with Gasteiger partial charge in [0, 0.05) is 43.0 Å². The first-order valence-corrected chi connectivity index (χ1v) is 12.7. The lowest BCUT2D eigenvalue weighted by Gasteiger charge is -2.39. The molecule has 2 heterocycles. The Balaban J connectivity index is 1.21. The minimum absolute atomic E-state index is 0.0190. The molecule has 0 saturated carbocycles.